The Bertz CT molecular complexity index is 264. The van der Waals surface area contributed by atoms with Crippen LogP contribution in [0, 0.1) is 0 Å². The molecule has 0 radical (unpaired) electrons. The molecular formula is C10H18F2N2O4. The summed E-state index contributed by atoms with van der Waals surface area (Å²) in [4.78, 5) is 23.2. The molecular weight excluding hydrogens is 250 g/mol. The zero-order chi connectivity index (χ0) is 14.0. The number of carbonyl (C=O) groups excluding carboxylic acids is 1. The van der Waals surface area contributed by atoms with Gasteiger partial charge in [-0.3, -0.25) is 4.79 Å². The third kappa shape index (κ3) is 8.68. The molecule has 0 fully saturated rings. The Hall–Kier alpha value is -1.44. The fraction of sp³-hybridized carbons (Fsp3) is 0.800. The normalized spacial score (nSPS) is 10.4. The topological polar surface area (TPSA) is 78.9 Å². The van der Waals surface area contributed by atoms with E-state index < -0.39 is 25.0 Å². The lowest BCUT2D eigenvalue weighted by Gasteiger charge is -2.20. The molecule has 0 aliphatic heterocycles. The Kier molecular flexibility index (Phi) is 8.81. The van der Waals surface area contributed by atoms with Gasteiger partial charge in [0.05, 0.1) is 13.0 Å². The number of ether oxygens (including phenoxy) is 1. The average molecular weight is 268 g/mol. The van der Waals surface area contributed by atoms with Crippen LogP contribution in [-0.2, 0) is 9.53 Å². The lowest BCUT2D eigenvalue weighted by Crippen LogP contribution is -2.42. The first-order chi connectivity index (χ1) is 8.47. The van der Waals surface area contributed by atoms with Gasteiger partial charge >= 0.3 is 12.0 Å². The molecule has 0 heterocycles. The van der Waals surface area contributed by atoms with Gasteiger partial charge in [0.1, 0.15) is 6.61 Å². The number of urea groups is 1. The first kappa shape index (κ1) is 16.6. The maximum atomic E-state index is 11.7. The van der Waals surface area contributed by atoms with Crippen LogP contribution in [0.1, 0.15) is 13.3 Å². The number of alkyl halides is 2. The molecule has 0 saturated heterocycles. The summed E-state index contributed by atoms with van der Waals surface area (Å²) in [6, 6.07) is -0.431. The molecule has 0 aromatic carbocycles. The quantitative estimate of drug-likeness (QED) is 0.605. The van der Waals surface area contributed by atoms with Gasteiger partial charge in [-0.05, 0) is 6.92 Å². The second kappa shape index (κ2) is 9.58. The number of rotatable bonds is 9. The van der Waals surface area contributed by atoms with E-state index in [2.05, 4.69) is 10.1 Å². The van der Waals surface area contributed by atoms with Gasteiger partial charge in [-0.2, -0.15) is 0 Å². The van der Waals surface area contributed by atoms with Gasteiger partial charge < -0.3 is 20.1 Å². The van der Waals surface area contributed by atoms with Gasteiger partial charge in [-0.25, -0.2) is 13.6 Å². The van der Waals surface area contributed by atoms with Crippen molar-refractivity contribution in [3.05, 3.63) is 0 Å². The van der Waals surface area contributed by atoms with Crippen molar-refractivity contribution in [3.63, 3.8) is 0 Å². The molecule has 2 N–H and O–H groups in total. The molecule has 2 amide bonds. The predicted octanol–water partition coefficient (Wildman–Crippen LogP) is 0.774. The molecule has 0 atom stereocenters. The Labute approximate surface area is 104 Å². The van der Waals surface area contributed by atoms with Crippen LogP contribution in [-0.4, -0.2) is 61.3 Å². The Morgan fingerprint density at radius 1 is 1.44 bits per heavy atom. The molecule has 106 valence electrons. The number of halogens is 2. The van der Waals surface area contributed by atoms with Crippen LogP contribution in [0.2, 0.25) is 0 Å². The van der Waals surface area contributed by atoms with Crippen molar-refractivity contribution in [3.8, 4) is 0 Å². The molecule has 0 unspecified atom stereocenters. The van der Waals surface area contributed by atoms with Crippen LogP contribution in [0.15, 0.2) is 0 Å². The highest BCUT2D eigenvalue weighted by Crippen LogP contribution is 1.94. The van der Waals surface area contributed by atoms with E-state index in [-0.39, 0.29) is 26.1 Å². The lowest BCUT2D eigenvalue weighted by atomic mass is 10.4. The van der Waals surface area contributed by atoms with E-state index in [0.717, 1.165) is 0 Å². The number of hydrogen-bond donors (Lipinski definition) is 2. The highest BCUT2D eigenvalue weighted by molar-refractivity contribution is 5.75. The van der Waals surface area contributed by atoms with Crippen molar-refractivity contribution >= 4 is 12.0 Å². The van der Waals surface area contributed by atoms with Crippen molar-refractivity contribution < 1.29 is 28.2 Å². The fourth-order valence-corrected chi connectivity index (χ4v) is 1.15. The molecule has 0 rings (SSSR count). The third-order valence-electron chi connectivity index (χ3n) is 2.03. The Morgan fingerprint density at radius 2 is 2.11 bits per heavy atom. The van der Waals surface area contributed by atoms with Gasteiger partial charge in [0, 0.05) is 19.6 Å². The summed E-state index contributed by atoms with van der Waals surface area (Å²) in [6.07, 6.45) is -2.66. The maximum Gasteiger partial charge on any atom is 0.317 e. The average Bonchev–Trinajstić information content (AvgIpc) is 2.28. The van der Waals surface area contributed by atoms with Crippen LogP contribution in [0.4, 0.5) is 13.6 Å². The lowest BCUT2D eigenvalue weighted by molar-refractivity contribution is -0.137. The second-order valence-corrected chi connectivity index (χ2v) is 3.42. The number of hydrogen-bond acceptors (Lipinski definition) is 3. The van der Waals surface area contributed by atoms with E-state index in [1.165, 1.54) is 4.90 Å². The SMILES string of the molecule is CCN(CCC(=O)O)C(=O)NCCOCC(F)F. The van der Waals surface area contributed by atoms with Crippen LogP contribution >= 0.6 is 0 Å². The number of aliphatic carboxylic acids is 1. The Balaban J connectivity index is 3.73. The molecule has 18 heavy (non-hydrogen) atoms. The number of carboxylic acids is 1. The van der Waals surface area contributed by atoms with E-state index in [1.807, 2.05) is 0 Å². The van der Waals surface area contributed by atoms with Crippen LogP contribution in [0.5, 0.6) is 0 Å². The number of nitrogens with zero attached hydrogens (tertiary/aromatic N) is 1. The predicted molar refractivity (Wildman–Crippen MR) is 59.7 cm³/mol. The fourth-order valence-electron chi connectivity index (χ4n) is 1.15. The van der Waals surface area contributed by atoms with Crippen molar-refractivity contribution in [2.75, 3.05) is 32.8 Å². The molecule has 0 bridgehead atoms. The van der Waals surface area contributed by atoms with Crippen LogP contribution in [0.25, 0.3) is 0 Å². The summed E-state index contributed by atoms with van der Waals surface area (Å²) in [5.74, 6) is -0.985. The minimum absolute atomic E-state index is 0.00738. The molecule has 0 aliphatic carbocycles. The van der Waals surface area contributed by atoms with Gasteiger partial charge in [0.15, 0.2) is 0 Å². The van der Waals surface area contributed by atoms with E-state index in [9.17, 15) is 18.4 Å². The number of amides is 2. The monoisotopic (exact) mass is 268 g/mol. The largest absolute Gasteiger partial charge is 0.481 e. The highest BCUT2D eigenvalue weighted by atomic mass is 19.3. The smallest absolute Gasteiger partial charge is 0.317 e. The minimum atomic E-state index is -2.52. The summed E-state index contributed by atoms with van der Waals surface area (Å²) in [5.41, 5.74) is 0. The molecule has 8 heteroatoms. The standard InChI is InChI=1S/C10H18F2N2O4/c1-2-14(5-3-9(15)16)10(17)13-4-6-18-7-8(11)12/h8H,2-7H2,1H3,(H,13,17)(H,15,16). The molecule has 0 aromatic heterocycles. The van der Waals surface area contributed by atoms with Crippen molar-refractivity contribution in [1.29, 1.82) is 0 Å². The first-order valence-corrected chi connectivity index (χ1v) is 5.57. The van der Waals surface area contributed by atoms with E-state index in [4.69, 9.17) is 5.11 Å². The van der Waals surface area contributed by atoms with Gasteiger partial charge in [-0.15, -0.1) is 0 Å². The van der Waals surface area contributed by atoms with E-state index >= 15 is 0 Å². The molecule has 0 aromatic rings. The van der Waals surface area contributed by atoms with Crippen molar-refractivity contribution in [2.45, 2.75) is 19.8 Å². The molecule has 0 saturated carbocycles. The van der Waals surface area contributed by atoms with E-state index in [0.29, 0.717) is 6.54 Å². The van der Waals surface area contributed by atoms with E-state index in [1.54, 1.807) is 6.92 Å². The molecule has 6 nitrogen and oxygen atoms in total. The molecule has 0 spiro atoms. The van der Waals surface area contributed by atoms with Crippen LogP contribution in [0.3, 0.4) is 0 Å². The summed E-state index contributed by atoms with van der Waals surface area (Å²) in [7, 11) is 0. The first-order valence-electron chi connectivity index (χ1n) is 5.57. The Morgan fingerprint density at radius 3 is 2.61 bits per heavy atom. The minimum Gasteiger partial charge on any atom is -0.481 e. The zero-order valence-corrected chi connectivity index (χ0v) is 10.2. The van der Waals surface area contributed by atoms with Crippen molar-refractivity contribution in [2.24, 2.45) is 0 Å². The summed E-state index contributed by atoms with van der Waals surface area (Å²) < 4.78 is 28.0. The maximum absolute atomic E-state index is 11.7. The zero-order valence-electron chi connectivity index (χ0n) is 10.2. The van der Waals surface area contributed by atoms with Crippen molar-refractivity contribution in [1.82, 2.24) is 10.2 Å². The van der Waals surface area contributed by atoms with Crippen LogP contribution < -0.4 is 5.32 Å². The number of carboxylic acid groups (broad SMARTS) is 1. The number of nitrogens with one attached hydrogen (secondary N) is 1. The number of carbonyl (C=O) groups is 2. The summed E-state index contributed by atoms with van der Waals surface area (Å²) in [6.45, 7) is 1.63. The van der Waals surface area contributed by atoms with Gasteiger partial charge in [0.2, 0.25) is 0 Å². The van der Waals surface area contributed by atoms with Gasteiger partial charge in [0.25, 0.3) is 6.43 Å². The second-order valence-electron chi connectivity index (χ2n) is 3.42. The summed E-state index contributed by atoms with van der Waals surface area (Å²) in [5, 5.41) is 10.9. The highest BCUT2D eigenvalue weighted by Gasteiger charge is 2.12. The summed E-state index contributed by atoms with van der Waals surface area (Å²) >= 11 is 0. The molecule has 0 aliphatic rings. The third-order valence-corrected chi connectivity index (χ3v) is 2.03. The van der Waals surface area contributed by atoms with Gasteiger partial charge in [-0.1, -0.05) is 0 Å².